The van der Waals surface area contributed by atoms with Crippen molar-refractivity contribution in [1.82, 2.24) is 5.32 Å². The van der Waals surface area contributed by atoms with Crippen molar-refractivity contribution in [3.63, 3.8) is 0 Å². The van der Waals surface area contributed by atoms with Gasteiger partial charge in [0.1, 0.15) is 18.0 Å². The summed E-state index contributed by atoms with van der Waals surface area (Å²) in [5.41, 5.74) is 2.44. The van der Waals surface area contributed by atoms with Gasteiger partial charge in [-0.25, -0.2) is 8.42 Å². The zero-order valence-electron chi connectivity index (χ0n) is 16.9. The lowest BCUT2D eigenvalue weighted by molar-refractivity contribution is -0.119. The van der Waals surface area contributed by atoms with Gasteiger partial charge in [0.05, 0.1) is 11.9 Å². The number of nitrogens with one attached hydrogen (secondary N) is 1. The number of carbonyl (C=O) groups excluding carboxylic acids is 1. The third-order valence-corrected chi connectivity index (χ3v) is 5.50. The predicted octanol–water partition coefficient (Wildman–Crippen LogP) is 3.87. The van der Waals surface area contributed by atoms with Gasteiger partial charge in [0.25, 0.3) is 0 Å². The number of sulfonamides is 1. The van der Waals surface area contributed by atoms with E-state index >= 15 is 0 Å². The summed E-state index contributed by atoms with van der Waals surface area (Å²) in [4.78, 5) is 12.4. The summed E-state index contributed by atoms with van der Waals surface area (Å²) in [6, 6.07) is 23.6. The number of hydrogen-bond acceptors (Lipinski definition) is 4. The fourth-order valence-electron chi connectivity index (χ4n) is 2.91. The molecule has 0 saturated heterocycles. The summed E-state index contributed by atoms with van der Waals surface area (Å²) in [5.74, 6) is 0.870. The van der Waals surface area contributed by atoms with E-state index in [1.807, 2.05) is 61.5 Å². The molecule has 0 fully saturated rings. The zero-order valence-corrected chi connectivity index (χ0v) is 17.7. The molecule has 0 bridgehead atoms. The summed E-state index contributed by atoms with van der Waals surface area (Å²) >= 11 is 0. The lowest BCUT2D eigenvalue weighted by Gasteiger charge is -2.22. The third-order valence-electron chi connectivity index (χ3n) is 4.36. The van der Waals surface area contributed by atoms with Gasteiger partial charge < -0.3 is 10.1 Å². The fraction of sp³-hybridized carbons (Fsp3) is 0.174. The molecule has 0 spiro atoms. The molecular formula is C23H24N2O4S. The molecule has 3 aromatic rings. The molecule has 6 nitrogen and oxygen atoms in total. The summed E-state index contributed by atoms with van der Waals surface area (Å²) in [6.07, 6.45) is 1.08. The molecular weight excluding hydrogens is 400 g/mol. The standard InChI is InChI=1S/C23H24N2O4S/c1-18-7-6-8-19(15-18)16-24-23(26)17-25(30(2,27)28)20-11-13-22(14-12-20)29-21-9-4-3-5-10-21/h3-15H,16-17H2,1-2H3,(H,24,26). The predicted molar refractivity (Wildman–Crippen MR) is 118 cm³/mol. The maximum absolute atomic E-state index is 12.4. The van der Waals surface area contributed by atoms with Crippen LogP contribution in [0.15, 0.2) is 78.9 Å². The Hall–Kier alpha value is -3.32. The zero-order chi connectivity index (χ0) is 21.6. The minimum atomic E-state index is -3.64. The Bertz CT molecular complexity index is 1100. The highest BCUT2D eigenvalue weighted by molar-refractivity contribution is 7.92. The van der Waals surface area contributed by atoms with E-state index in [0.717, 1.165) is 21.7 Å². The Morgan fingerprint density at radius 3 is 2.23 bits per heavy atom. The van der Waals surface area contributed by atoms with Crippen LogP contribution in [0.1, 0.15) is 11.1 Å². The van der Waals surface area contributed by atoms with Crippen molar-refractivity contribution in [3.8, 4) is 11.5 Å². The van der Waals surface area contributed by atoms with E-state index in [0.29, 0.717) is 23.7 Å². The summed E-state index contributed by atoms with van der Waals surface area (Å²) in [6.45, 7) is 2.01. The van der Waals surface area contributed by atoms with Crippen LogP contribution in [0, 0.1) is 6.92 Å². The Morgan fingerprint density at radius 2 is 1.60 bits per heavy atom. The van der Waals surface area contributed by atoms with Crippen LogP contribution in [0.25, 0.3) is 0 Å². The number of benzene rings is 3. The Balaban J connectivity index is 1.67. The van der Waals surface area contributed by atoms with Gasteiger partial charge in [0.15, 0.2) is 0 Å². The Morgan fingerprint density at radius 1 is 0.933 bits per heavy atom. The maximum Gasteiger partial charge on any atom is 0.241 e. The van der Waals surface area contributed by atoms with Crippen LogP contribution in [0.2, 0.25) is 0 Å². The van der Waals surface area contributed by atoms with Crippen molar-refractivity contribution >= 4 is 21.6 Å². The second-order valence-electron chi connectivity index (χ2n) is 6.94. The van der Waals surface area contributed by atoms with Gasteiger partial charge in [0.2, 0.25) is 15.9 Å². The Labute approximate surface area is 177 Å². The molecule has 3 rings (SSSR count). The SMILES string of the molecule is Cc1cccc(CNC(=O)CN(c2ccc(Oc3ccccc3)cc2)S(C)(=O)=O)c1. The first-order chi connectivity index (χ1) is 14.3. The third kappa shape index (κ3) is 6.09. The average molecular weight is 425 g/mol. The molecule has 1 N–H and O–H groups in total. The van der Waals surface area contributed by atoms with Crippen LogP contribution in [-0.4, -0.2) is 27.1 Å². The number of ether oxygens (including phenoxy) is 1. The van der Waals surface area contributed by atoms with E-state index in [4.69, 9.17) is 4.74 Å². The maximum atomic E-state index is 12.4. The highest BCUT2D eigenvalue weighted by Crippen LogP contribution is 2.25. The summed E-state index contributed by atoms with van der Waals surface area (Å²) in [5, 5.41) is 2.77. The van der Waals surface area contributed by atoms with Crippen LogP contribution >= 0.6 is 0 Å². The van der Waals surface area contributed by atoms with E-state index in [1.54, 1.807) is 24.3 Å². The van der Waals surface area contributed by atoms with Crippen molar-refractivity contribution in [2.75, 3.05) is 17.1 Å². The number of nitrogens with zero attached hydrogens (tertiary/aromatic N) is 1. The van der Waals surface area contributed by atoms with Gasteiger partial charge in [-0.2, -0.15) is 0 Å². The van der Waals surface area contributed by atoms with Crippen LogP contribution in [0.4, 0.5) is 5.69 Å². The highest BCUT2D eigenvalue weighted by atomic mass is 32.2. The van der Waals surface area contributed by atoms with E-state index in [2.05, 4.69) is 5.32 Å². The number of amides is 1. The first-order valence-corrected chi connectivity index (χ1v) is 11.3. The van der Waals surface area contributed by atoms with Gasteiger partial charge in [0, 0.05) is 6.54 Å². The van der Waals surface area contributed by atoms with Crippen molar-refractivity contribution in [1.29, 1.82) is 0 Å². The molecule has 30 heavy (non-hydrogen) atoms. The average Bonchev–Trinajstić information content (AvgIpc) is 2.71. The lowest BCUT2D eigenvalue weighted by atomic mass is 10.1. The van der Waals surface area contributed by atoms with Gasteiger partial charge in [-0.15, -0.1) is 0 Å². The number of anilines is 1. The lowest BCUT2D eigenvalue weighted by Crippen LogP contribution is -2.40. The number of rotatable bonds is 8. The highest BCUT2D eigenvalue weighted by Gasteiger charge is 2.20. The molecule has 1 amide bonds. The molecule has 0 radical (unpaired) electrons. The quantitative estimate of drug-likeness (QED) is 0.596. The number of para-hydroxylation sites is 1. The molecule has 3 aromatic carbocycles. The van der Waals surface area contributed by atoms with Gasteiger partial charge in [-0.05, 0) is 48.9 Å². The van der Waals surface area contributed by atoms with Gasteiger partial charge in [-0.3, -0.25) is 9.10 Å². The minimum absolute atomic E-state index is 0.302. The number of hydrogen-bond donors (Lipinski definition) is 1. The molecule has 0 atom stereocenters. The summed E-state index contributed by atoms with van der Waals surface area (Å²) in [7, 11) is -3.64. The molecule has 0 aliphatic carbocycles. The normalized spacial score (nSPS) is 11.0. The minimum Gasteiger partial charge on any atom is -0.457 e. The Kier molecular flexibility index (Phi) is 6.74. The van der Waals surface area contributed by atoms with Crippen LogP contribution in [0.5, 0.6) is 11.5 Å². The first-order valence-electron chi connectivity index (χ1n) is 9.44. The van der Waals surface area contributed by atoms with Gasteiger partial charge in [-0.1, -0.05) is 48.0 Å². The largest absolute Gasteiger partial charge is 0.457 e. The molecule has 156 valence electrons. The monoisotopic (exact) mass is 424 g/mol. The fourth-order valence-corrected chi connectivity index (χ4v) is 3.77. The van der Waals surface area contributed by atoms with E-state index in [9.17, 15) is 13.2 Å². The molecule has 0 aliphatic heterocycles. The van der Waals surface area contributed by atoms with Crippen molar-refractivity contribution in [3.05, 3.63) is 90.0 Å². The molecule has 0 aliphatic rings. The van der Waals surface area contributed by atoms with Crippen molar-refractivity contribution in [2.45, 2.75) is 13.5 Å². The molecule has 0 aromatic heterocycles. The van der Waals surface area contributed by atoms with Crippen molar-refractivity contribution < 1.29 is 17.9 Å². The second kappa shape index (κ2) is 9.45. The second-order valence-corrected chi connectivity index (χ2v) is 8.85. The van der Waals surface area contributed by atoms with E-state index in [-0.39, 0.29) is 12.5 Å². The van der Waals surface area contributed by atoms with E-state index < -0.39 is 10.0 Å². The molecule has 0 unspecified atom stereocenters. The molecule has 0 heterocycles. The molecule has 7 heteroatoms. The molecule has 0 saturated carbocycles. The number of carbonyl (C=O) groups is 1. The van der Waals surface area contributed by atoms with Crippen LogP contribution in [-0.2, 0) is 21.4 Å². The van der Waals surface area contributed by atoms with Crippen LogP contribution < -0.4 is 14.4 Å². The van der Waals surface area contributed by atoms with Gasteiger partial charge >= 0.3 is 0 Å². The summed E-state index contributed by atoms with van der Waals surface area (Å²) < 4.78 is 31.4. The topological polar surface area (TPSA) is 75.7 Å². The smallest absolute Gasteiger partial charge is 0.241 e. The van der Waals surface area contributed by atoms with Crippen LogP contribution in [0.3, 0.4) is 0 Å². The van der Waals surface area contributed by atoms with E-state index in [1.165, 1.54) is 0 Å². The first kappa shape index (κ1) is 21.4. The van der Waals surface area contributed by atoms with Crippen molar-refractivity contribution in [2.24, 2.45) is 0 Å². The number of aryl methyl sites for hydroxylation is 1.